The molecule has 6 heavy (non-hydrogen) atoms. The fraction of sp³-hybridized carbons (Fsp3) is 1.00. The number of hydrogen-bond donors (Lipinski definition) is 1. The first kappa shape index (κ1) is 4.09. The molecule has 1 rings (SSSR count). The van der Waals surface area contributed by atoms with Gasteiger partial charge < -0.3 is 5.73 Å². The van der Waals surface area contributed by atoms with Crippen LogP contribution in [0.2, 0.25) is 0 Å². The Morgan fingerprint density at radius 2 is 2.50 bits per heavy atom. The lowest BCUT2D eigenvalue weighted by Crippen LogP contribution is -2.19. The highest BCUT2D eigenvalue weighted by Crippen LogP contribution is 1.92. The molecule has 0 aromatic carbocycles. The molecule has 1 saturated heterocycles. The minimum absolute atomic E-state index is 0.380. The van der Waals surface area contributed by atoms with Crippen molar-refractivity contribution in [3.05, 3.63) is 0 Å². The van der Waals surface area contributed by atoms with Gasteiger partial charge in [-0.05, 0) is 6.42 Å². The molecule has 1 atom stereocenters. The second-order valence-corrected chi connectivity index (χ2v) is 1.68. The fourth-order valence-corrected chi connectivity index (χ4v) is 0.606. The van der Waals surface area contributed by atoms with E-state index in [2.05, 4.69) is 5.32 Å². The van der Waals surface area contributed by atoms with Crippen molar-refractivity contribution < 1.29 is 0 Å². The molecule has 0 aromatic rings. The van der Waals surface area contributed by atoms with Crippen LogP contribution in [0.15, 0.2) is 0 Å². The Morgan fingerprint density at radius 1 is 1.67 bits per heavy atom. The van der Waals surface area contributed by atoms with Gasteiger partial charge >= 0.3 is 0 Å². The zero-order chi connectivity index (χ0) is 4.41. The summed E-state index contributed by atoms with van der Waals surface area (Å²) in [7, 11) is 0. The van der Waals surface area contributed by atoms with Crippen LogP contribution in [-0.4, -0.2) is 19.1 Å². The third-order valence-electron chi connectivity index (χ3n) is 1.02. The lowest BCUT2D eigenvalue weighted by atomic mass is 10.3. The summed E-state index contributed by atoms with van der Waals surface area (Å²) in [5, 5.41) is 4.04. The largest absolute Gasteiger partial charge is 0.326 e. The Morgan fingerprint density at radius 3 is 2.67 bits per heavy atom. The molecular weight excluding hydrogens is 76.1 g/mol. The maximum atomic E-state index is 5.44. The summed E-state index contributed by atoms with van der Waals surface area (Å²) in [6, 6.07) is 0.380. The summed E-state index contributed by atoms with van der Waals surface area (Å²) >= 11 is 0. The van der Waals surface area contributed by atoms with Crippen molar-refractivity contribution in [1.82, 2.24) is 5.32 Å². The van der Waals surface area contributed by atoms with Crippen LogP contribution in [0.5, 0.6) is 0 Å². The molecule has 1 unspecified atom stereocenters. The van der Waals surface area contributed by atoms with Crippen LogP contribution in [0, 0.1) is 0 Å². The van der Waals surface area contributed by atoms with Gasteiger partial charge in [-0.1, -0.05) is 0 Å². The average Bonchev–Trinajstić information content (AvgIpc) is 1.86. The van der Waals surface area contributed by atoms with E-state index in [1.807, 2.05) is 0 Å². The Balaban J connectivity index is 2.18. The fourth-order valence-electron chi connectivity index (χ4n) is 0.606. The molecule has 1 fully saturated rings. The Labute approximate surface area is 37.7 Å². The molecule has 0 saturated carbocycles. The van der Waals surface area contributed by atoms with E-state index in [9.17, 15) is 0 Å². The van der Waals surface area contributed by atoms with Gasteiger partial charge in [0, 0.05) is 19.1 Å². The van der Waals surface area contributed by atoms with Crippen LogP contribution in [0.3, 0.4) is 0 Å². The Bertz CT molecular complexity index is 38.8. The summed E-state index contributed by atoms with van der Waals surface area (Å²) in [6.07, 6.45) is 1.10. The maximum Gasteiger partial charge on any atom is 0.0285 e. The van der Waals surface area contributed by atoms with E-state index in [0.717, 1.165) is 19.5 Å². The molecule has 35 valence electrons. The van der Waals surface area contributed by atoms with E-state index in [-0.39, 0.29) is 0 Å². The van der Waals surface area contributed by atoms with Gasteiger partial charge in [0.1, 0.15) is 0 Å². The predicted octanol–water partition coefficient (Wildman–Crippen LogP) is -0.678. The molecule has 0 spiro atoms. The Hall–Kier alpha value is -0.0800. The van der Waals surface area contributed by atoms with Crippen LogP contribution in [0.4, 0.5) is 0 Å². The smallest absolute Gasteiger partial charge is 0.0285 e. The normalized spacial score (nSPS) is 34.5. The molecule has 2 nitrogen and oxygen atoms in total. The molecule has 2 N–H and O–H groups in total. The molecule has 0 amide bonds. The topological polar surface area (TPSA) is 40.1 Å². The highest BCUT2D eigenvalue weighted by molar-refractivity contribution is 4.71. The van der Waals surface area contributed by atoms with Crippen molar-refractivity contribution in [3.8, 4) is 0 Å². The zero-order valence-electron chi connectivity index (χ0n) is 3.72. The lowest BCUT2D eigenvalue weighted by Gasteiger charge is -1.91. The van der Waals surface area contributed by atoms with Crippen LogP contribution in [0.1, 0.15) is 6.42 Å². The van der Waals surface area contributed by atoms with Gasteiger partial charge in [-0.25, -0.2) is 5.32 Å². The second kappa shape index (κ2) is 1.58. The van der Waals surface area contributed by atoms with Gasteiger partial charge in [-0.15, -0.1) is 0 Å². The Kier molecular flexibility index (Phi) is 1.08. The number of nitrogens with zero attached hydrogens (tertiary/aromatic N) is 1. The highest BCUT2D eigenvalue weighted by Gasteiger charge is 2.08. The van der Waals surface area contributed by atoms with Crippen LogP contribution in [0.25, 0.3) is 0 Å². The summed E-state index contributed by atoms with van der Waals surface area (Å²) in [4.78, 5) is 0. The van der Waals surface area contributed by atoms with Crippen molar-refractivity contribution in [3.63, 3.8) is 0 Å². The van der Waals surface area contributed by atoms with E-state index >= 15 is 0 Å². The van der Waals surface area contributed by atoms with E-state index in [4.69, 9.17) is 5.73 Å². The van der Waals surface area contributed by atoms with Gasteiger partial charge in [-0.3, -0.25) is 0 Å². The quantitative estimate of drug-likeness (QED) is 0.416. The van der Waals surface area contributed by atoms with E-state index in [1.165, 1.54) is 0 Å². The first-order chi connectivity index (χ1) is 2.89. The SMILES string of the molecule is NC1CC[N]C1. The number of nitrogens with two attached hydrogens (primary N) is 1. The second-order valence-electron chi connectivity index (χ2n) is 1.68. The molecule has 1 radical (unpaired) electrons. The molecule has 1 aliphatic rings. The molecule has 0 aliphatic carbocycles. The van der Waals surface area contributed by atoms with Crippen molar-refractivity contribution in [1.29, 1.82) is 0 Å². The van der Waals surface area contributed by atoms with E-state index in [1.54, 1.807) is 0 Å². The molecule has 2 heteroatoms. The van der Waals surface area contributed by atoms with Gasteiger partial charge in [0.25, 0.3) is 0 Å². The summed E-state index contributed by atoms with van der Waals surface area (Å²) in [5.41, 5.74) is 5.44. The molecule has 0 bridgehead atoms. The molecular formula is C4H9N2. The third kappa shape index (κ3) is 0.698. The van der Waals surface area contributed by atoms with Crippen molar-refractivity contribution >= 4 is 0 Å². The molecule has 1 aliphatic heterocycles. The monoisotopic (exact) mass is 85.1 g/mol. The van der Waals surface area contributed by atoms with Gasteiger partial charge in [-0.2, -0.15) is 0 Å². The molecule has 1 heterocycles. The zero-order valence-corrected chi connectivity index (χ0v) is 3.72. The van der Waals surface area contributed by atoms with Crippen molar-refractivity contribution in [2.75, 3.05) is 13.1 Å². The highest BCUT2D eigenvalue weighted by atomic mass is 14.9. The number of rotatable bonds is 0. The lowest BCUT2D eigenvalue weighted by molar-refractivity contribution is 0.739. The van der Waals surface area contributed by atoms with Crippen molar-refractivity contribution in [2.24, 2.45) is 5.73 Å². The first-order valence-corrected chi connectivity index (χ1v) is 2.28. The summed E-state index contributed by atoms with van der Waals surface area (Å²) in [5.74, 6) is 0. The number of hydrogen-bond acceptors (Lipinski definition) is 1. The van der Waals surface area contributed by atoms with Crippen LogP contribution < -0.4 is 11.1 Å². The third-order valence-corrected chi connectivity index (χ3v) is 1.02. The predicted molar refractivity (Wildman–Crippen MR) is 24.5 cm³/mol. The maximum absolute atomic E-state index is 5.44. The van der Waals surface area contributed by atoms with Gasteiger partial charge in [0.15, 0.2) is 0 Å². The molecule has 0 aromatic heterocycles. The average molecular weight is 85.1 g/mol. The van der Waals surface area contributed by atoms with E-state index in [0.29, 0.717) is 6.04 Å². The summed E-state index contributed by atoms with van der Waals surface area (Å²) in [6.45, 7) is 1.88. The van der Waals surface area contributed by atoms with E-state index < -0.39 is 0 Å². The van der Waals surface area contributed by atoms with Crippen LogP contribution >= 0.6 is 0 Å². The first-order valence-electron chi connectivity index (χ1n) is 2.28. The standard InChI is InChI=1S/C4H9N2/c5-4-1-2-6-3-4/h4H,1-3,5H2. The van der Waals surface area contributed by atoms with Gasteiger partial charge in [0.05, 0.1) is 0 Å². The minimum Gasteiger partial charge on any atom is -0.326 e. The van der Waals surface area contributed by atoms with Crippen molar-refractivity contribution in [2.45, 2.75) is 12.5 Å². The van der Waals surface area contributed by atoms with Crippen LogP contribution in [-0.2, 0) is 0 Å². The minimum atomic E-state index is 0.380. The van der Waals surface area contributed by atoms with Gasteiger partial charge in [0.2, 0.25) is 0 Å². The summed E-state index contributed by atoms with van der Waals surface area (Å²) < 4.78 is 0.